The van der Waals surface area contributed by atoms with E-state index in [1.807, 2.05) is 36.9 Å². The van der Waals surface area contributed by atoms with Gasteiger partial charge in [-0.1, -0.05) is 30.3 Å². The maximum absolute atomic E-state index is 12.5. The van der Waals surface area contributed by atoms with Crippen molar-refractivity contribution in [2.75, 3.05) is 31.1 Å². The summed E-state index contributed by atoms with van der Waals surface area (Å²) >= 11 is 1.47. The highest BCUT2D eigenvalue weighted by atomic mass is 32.1. The number of aromatic nitrogens is 2. The van der Waals surface area contributed by atoms with Crippen LogP contribution in [0, 0.1) is 5.92 Å². The van der Waals surface area contributed by atoms with Crippen LogP contribution >= 0.6 is 11.5 Å². The third-order valence-corrected chi connectivity index (χ3v) is 5.67. The van der Waals surface area contributed by atoms with E-state index >= 15 is 0 Å². The Morgan fingerprint density at radius 1 is 1.20 bits per heavy atom. The molecule has 25 heavy (non-hydrogen) atoms. The fourth-order valence-corrected chi connectivity index (χ4v) is 4.07. The summed E-state index contributed by atoms with van der Waals surface area (Å²) in [6.45, 7) is 7.47. The molecule has 0 aliphatic carbocycles. The zero-order valence-corrected chi connectivity index (χ0v) is 15.8. The SMILES string of the molecule is CCN(CC)C(=O)C1CCN(c2nc(Cc3ccccc3)ns2)CC1. The lowest BCUT2D eigenvalue weighted by molar-refractivity contribution is -0.135. The van der Waals surface area contributed by atoms with Gasteiger partial charge in [0.05, 0.1) is 0 Å². The Labute approximate surface area is 153 Å². The zero-order chi connectivity index (χ0) is 17.6. The van der Waals surface area contributed by atoms with Crippen molar-refractivity contribution in [3.63, 3.8) is 0 Å². The van der Waals surface area contributed by atoms with E-state index in [0.29, 0.717) is 5.91 Å². The van der Waals surface area contributed by atoms with E-state index in [1.54, 1.807) is 0 Å². The van der Waals surface area contributed by atoms with Crippen LogP contribution in [0.5, 0.6) is 0 Å². The number of rotatable bonds is 6. The van der Waals surface area contributed by atoms with Crippen LogP contribution in [0.25, 0.3) is 0 Å². The van der Waals surface area contributed by atoms with Crippen LogP contribution < -0.4 is 4.90 Å². The molecular weight excluding hydrogens is 332 g/mol. The van der Waals surface area contributed by atoms with E-state index < -0.39 is 0 Å². The lowest BCUT2D eigenvalue weighted by atomic mass is 9.95. The van der Waals surface area contributed by atoms with Gasteiger partial charge in [0, 0.05) is 50.1 Å². The van der Waals surface area contributed by atoms with Crippen molar-refractivity contribution in [2.45, 2.75) is 33.1 Å². The van der Waals surface area contributed by atoms with E-state index in [9.17, 15) is 4.79 Å². The normalized spacial score (nSPS) is 15.4. The van der Waals surface area contributed by atoms with E-state index in [0.717, 1.165) is 56.4 Å². The van der Waals surface area contributed by atoms with Gasteiger partial charge in [-0.25, -0.2) is 4.98 Å². The van der Waals surface area contributed by atoms with Crippen LogP contribution in [0.1, 0.15) is 38.1 Å². The topological polar surface area (TPSA) is 49.3 Å². The number of benzene rings is 1. The lowest BCUT2D eigenvalue weighted by Crippen LogP contribution is -2.42. The molecule has 1 fully saturated rings. The Balaban J connectivity index is 1.56. The lowest BCUT2D eigenvalue weighted by Gasteiger charge is -2.33. The van der Waals surface area contributed by atoms with Gasteiger partial charge in [0.15, 0.2) is 0 Å². The Morgan fingerprint density at radius 2 is 1.88 bits per heavy atom. The molecule has 3 rings (SSSR count). The average Bonchev–Trinajstić information content (AvgIpc) is 3.12. The Kier molecular flexibility index (Phi) is 6.02. The van der Waals surface area contributed by atoms with Gasteiger partial charge >= 0.3 is 0 Å². The van der Waals surface area contributed by atoms with Crippen LogP contribution in [0.2, 0.25) is 0 Å². The number of carbonyl (C=O) groups is 1. The smallest absolute Gasteiger partial charge is 0.225 e. The first-order valence-corrected chi connectivity index (χ1v) is 9.88. The molecular formula is C19H26N4OS. The van der Waals surface area contributed by atoms with Gasteiger partial charge in [-0.05, 0) is 32.3 Å². The van der Waals surface area contributed by atoms with Gasteiger partial charge in [-0.2, -0.15) is 4.37 Å². The second-order valence-electron chi connectivity index (χ2n) is 6.43. The summed E-state index contributed by atoms with van der Waals surface area (Å²) in [6.07, 6.45) is 2.58. The van der Waals surface area contributed by atoms with Crippen molar-refractivity contribution in [1.82, 2.24) is 14.3 Å². The molecule has 0 radical (unpaired) electrons. The first kappa shape index (κ1) is 17.9. The second-order valence-corrected chi connectivity index (χ2v) is 7.16. The number of carbonyl (C=O) groups excluding carboxylic acids is 1. The first-order valence-electron chi connectivity index (χ1n) is 9.11. The van der Waals surface area contributed by atoms with E-state index in [4.69, 9.17) is 4.98 Å². The third kappa shape index (κ3) is 4.37. The minimum atomic E-state index is 0.160. The second kappa shape index (κ2) is 8.43. The molecule has 0 saturated carbocycles. The zero-order valence-electron chi connectivity index (χ0n) is 15.0. The summed E-state index contributed by atoms with van der Waals surface area (Å²) in [5.74, 6) is 1.35. The van der Waals surface area contributed by atoms with Gasteiger partial charge in [0.2, 0.25) is 11.0 Å². The highest BCUT2D eigenvalue weighted by molar-refractivity contribution is 7.09. The van der Waals surface area contributed by atoms with Crippen molar-refractivity contribution in [1.29, 1.82) is 0 Å². The third-order valence-electron chi connectivity index (χ3n) is 4.85. The summed E-state index contributed by atoms with van der Waals surface area (Å²) < 4.78 is 4.51. The fourth-order valence-electron chi connectivity index (χ4n) is 3.33. The predicted octanol–water partition coefficient (Wildman–Crippen LogP) is 3.21. The number of piperidine rings is 1. The standard InChI is InChI=1S/C19H26N4OS/c1-3-22(4-2)18(24)16-10-12-23(13-11-16)19-20-17(21-25-19)14-15-8-6-5-7-9-15/h5-9,16H,3-4,10-14H2,1-2H3. The highest BCUT2D eigenvalue weighted by Gasteiger charge is 2.28. The molecule has 134 valence electrons. The van der Waals surface area contributed by atoms with Crippen molar-refractivity contribution in [3.05, 3.63) is 41.7 Å². The van der Waals surface area contributed by atoms with Crippen molar-refractivity contribution < 1.29 is 4.79 Å². The molecule has 1 aliphatic rings. The van der Waals surface area contributed by atoms with Crippen molar-refractivity contribution in [2.24, 2.45) is 5.92 Å². The largest absolute Gasteiger partial charge is 0.347 e. The predicted molar refractivity (Wildman–Crippen MR) is 102 cm³/mol. The molecule has 1 aromatic heterocycles. The fraction of sp³-hybridized carbons (Fsp3) is 0.526. The van der Waals surface area contributed by atoms with Crippen LogP contribution in [0.15, 0.2) is 30.3 Å². The van der Waals surface area contributed by atoms with Gasteiger partial charge in [-0.3, -0.25) is 4.79 Å². The van der Waals surface area contributed by atoms with Crippen LogP contribution in [-0.2, 0) is 11.2 Å². The minimum absolute atomic E-state index is 0.160. The molecule has 0 unspecified atom stereocenters. The molecule has 1 amide bonds. The molecule has 6 heteroatoms. The van der Waals surface area contributed by atoms with Gasteiger partial charge < -0.3 is 9.80 Å². The summed E-state index contributed by atoms with van der Waals surface area (Å²) in [5, 5.41) is 0.986. The molecule has 1 aliphatic heterocycles. The Bertz CT molecular complexity index is 676. The minimum Gasteiger partial charge on any atom is -0.347 e. The van der Waals surface area contributed by atoms with Gasteiger partial charge in [-0.15, -0.1) is 0 Å². The molecule has 0 atom stereocenters. The van der Waals surface area contributed by atoms with E-state index in [-0.39, 0.29) is 5.92 Å². The highest BCUT2D eigenvalue weighted by Crippen LogP contribution is 2.26. The quantitative estimate of drug-likeness (QED) is 0.796. The molecule has 2 heterocycles. The Morgan fingerprint density at radius 3 is 2.52 bits per heavy atom. The number of hydrogen-bond acceptors (Lipinski definition) is 5. The summed E-state index contributed by atoms with van der Waals surface area (Å²) in [5.41, 5.74) is 1.23. The van der Waals surface area contributed by atoms with Gasteiger partial charge in [0.25, 0.3) is 0 Å². The Hall–Kier alpha value is -1.95. The number of anilines is 1. The van der Waals surface area contributed by atoms with Gasteiger partial charge in [0.1, 0.15) is 5.82 Å². The molecule has 0 N–H and O–H groups in total. The van der Waals surface area contributed by atoms with Crippen LogP contribution in [0.4, 0.5) is 5.13 Å². The molecule has 2 aromatic rings. The number of hydrogen-bond donors (Lipinski definition) is 0. The maximum atomic E-state index is 12.5. The molecule has 1 saturated heterocycles. The van der Waals surface area contributed by atoms with Crippen LogP contribution in [0.3, 0.4) is 0 Å². The summed E-state index contributed by atoms with van der Waals surface area (Å²) in [4.78, 5) is 21.4. The van der Waals surface area contributed by atoms with Crippen molar-refractivity contribution >= 4 is 22.6 Å². The first-order chi connectivity index (χ1) is 12.2. The number of amides is 1. The van der Waals surface area contributed by atoms with Crippen LogP contribution in [-0.4, -0.2) is 46.3 Å². The molecule has 0 bridgehead atoms. The van der Waals surface area contributed by atoms with Crippen molar-refractivity contribution in [3.8, 4) is 0 Å². The maximum Gasteiger partial charge on any atom is 0.225 e. The number of nitrogens with zero attached hydrogens (tertiary/aromatic N) is 4. The van der Waals surface area contributed by atoms with E-state index in [2.05, 4.69) is 21.4 Å². The summed E-state index contributed by atoms with van der Waals surface area (Å²) in [7, 11) is 0. The van der Waals surface area contributed by atoms with E-state index in [1.165, 1.54) is 17.1 Å². The average molecular weight is 359 g/mol. The monoisotopic (exact) mass is 358 g/mol. The summed E-state index contributed by atoms with van der Waals surface area (Å²) in [6, 6.07) is 10.3. The molecule has 5 nitrogen and oxygen atoms in total. The molecule has 1 aromatic carbocycles. The molecule has 0 spiro atoms.